The van der Waals surface area contributed by atoms with E-state index in [-0.39, 0.29) is 77.3 Å². The van der Waals surface area contributed by atoms with Crippen LogP contribution in [-0.4, -0.2) is 49.0 Å². The third-order valence-electron chi connectivity index (χ3n) is 19.5. The van der Waals surface area contributed by atoms with Crippen LogP contribution in [0.25, 0.3) is 0 Å². The fourth-order valence-corrected chi connectivity index (χ4v) is 12.4. The van der Waals surface area contributed by atoms with Crippen molar-refractivity contribution in [2.24, 2.45) is 14.1 Å². The molecule has 2 aliphatic rings. The Morgan fingerprint density at radius 3 is 0.524 bits per heavy atom. The van der Waals surface area contributed by atoms with Crippen molar-refractivity contribution in [1.29, 1.82) is 0 Å². The topological polar surface area (TPSA) is 144 Å². The highest BCUT2D eigenvalue weighted by Gasteiger charge is 2.39. The summed E-state index contributed by atoms with van der Waals surface area (Å²) in [5, 5.41) is 0. The summed E-state index contributed by atoms with van der Waals surface area (Å²) in [6.07, 6.45) is 17.9. The second-order valence-electron chi connectivity index (χ2n) is 28.3. The predicted molar refractivity (Wildman–Crippen MR) is 333 cm³/mol. The van der Waals surface area contributed by atoms with Crippen LogP contribution < -0.4 is 43.1 Å². The molecule has 0 aliphatic carbocycles. The Kier molecular flexibility index (Phi) is 17.5. The molecule has 8 N–H and O–H groups in total. The Morgan fingerprint density at radius 1 is 0.262 bits per heavy atom. The van der Waals surface area contributed by atoms with Crippen molar-refractivity contribution >= 4 is 0 Å². The molecule has 0 amide bonds. The van der Waals surface area contributed by atoms with Crippen LogP contribution in [-0.2, 0) is 70.5 Å². The summed E-state index contributed by atoms with van der Waals surface area (Å²) in [6, 6.07) is 35.9. The normalized spacial score (nSPS) is 17.8. The van der Waals surface area contributed by atoms with Gasteiger partial charge in [-0.2, -0.15) is 0 Å². The van der Waals surface area contributed by atoms with Gasteiger partial charge in [-0.15, -0.1) is 0 Å². The van der Waals surface area contributed by atoms with Gasteiger partial charge in [-0.25, -0.2) is 18.3 Å². The van der Waals surface area contributed by atoms with Gasteiger partial charge in [-0.3, -0.25) is 0 Å². The summed E-state index contributed by atoms with van der Waals surface area (Å²) in [6.45, 7) is 38.8. The zero-order chi connectivity index (χ0) is 59.0. The van der Waals surface area contributed by atoms with Crippen LogP contribution in [0, 0.1) is 0 Å². The first kappa shape index (κ1) is 63.6. The standard InChI is InChI=1S/2C28H36N4.C14H24N4.2BrH/c2*1-25(2)17-9-11-19(29-17)26(3,4)21-13-15-23(31-21)28(7,8)24-16-14-22(32-24)27(5,6)20-12-10-18(25)30-20;1-15-9-11-17(13-15)7-5-3-4-6-8-18-12-10-16(2)14-18;;/h2*9-16,29-32H,1-8H3;9-14H,3-8H2,1-2H3;2*1H/q;;+2;;/p-2. The van der Waals surface area contributed by atoms with Crippen molar-refractivity contribution < 1.29 is 43.1 Å². The summed E-state index contributed by atoms with van der Waals surface area (Å²) in [7, 11) is 4.13. The van der Waals surface area contributed by atoms with E-state index in [1.165, 1.54) is 117 Å². The molecule has 2 aliphatic heterocycles. The Bertz CT molecular complexity index is 2970. The minimum atomic E-state index is -0.163. The summed E-state index contributed by atoms with van der Waals surface area (Å²) >= 11 is 0. The van der Waals surface area contributed by atoms with Gasteiger partial charge in [0.05, 0.1) is 27.2 Å². The number of unbranched alkanes of at least 4 members (excludes halogenated alkanes) is 3. The second kappa shape index (κ2) is 23.1. The lowest BCUT2D eigenvalue weighted by Gasteiger charge is -2.28. The number of H-pyrrole nitrogens is 8. The van der Waals surface area contributed by atoms with E-state index in [4.69, 9.17) is 0 Å². The number of fused-ring (bicyclic) bond motifs is 16. The van der Waals surface area contributed by atoms with Crippen LogP contribution in [0.1, 0.15) is 228 Å². The first-order valence-electron chi connectivity index (χ1n) is 30.0. The maximum atomic E-state index is 3.77. The number of halogens is 2. The molecular formula is C70H96Br2N12. The highest BCUT2D eigenvalue weighted by atomic mass is 79.9. The van der Waals surface area contributed by atoms with E-state index in [9.17, 15) is 0 Å². The monoisotopic (exact) mass is 1260 g/mol. The number of imidazole rings is 2. The van der Waals surface area contributed by atoms with Gasteiger partial charge in [0.15, 0.2) is 0 Å². The van der Waals surface area contributed by atoms with Crippen LogP contribution in [0.2, 0.25) is 0 Å². The largest absolute Gasteiger partial charge is 1.00 e. The Morgan fingerprint density at radius 2 is 0.405 bits per heavy atom. The SMILES string of the molecule is CC1(C)c2ccc([nH]2)C(C)(C)c2ccc([nH]2)C(C)(C)c2ccc([nH]2)C(C)(C)c2ccc1[nH]2.CC1(C)c2ccc([nH]2)C(C)(C)c2ccc([nH]2)C(C)(C)c2ccc([nH]2)C(C)(C)c2ccc1[nH]2.C[n+]1ccn(CCCCCCn2cc[n+](C)c2)c1.[Br-].[Br-]. The molecular weight excluding hydrogens is 1170 g/mol. The zero-order valence-electron chi connectivity index (χ0n) is 53.5. The van der Waals surface area contributed by atoms with E-state index in [0.29, 0.717) is 0 Å². The number of nitrogens with one attached hydrogen (secondary N) is 8. The van der Waals surface area contributed by atoms with Gasteiger partial charge in [-0.1, -0.05) is 0 Å². The highest BCUT2D eigenvalue weighted by Crippen LogP contribution is 2.43. The number of aromatic nitrogens is 12. The molecule has 0 aromatic carbocycles. The van der Waals surface area contributed by atoms with Gasteiger partial charge in [0.2, 0.25) is 12.7 Å². The number of hydrogen-bond acceptors (Lipinski definition) is 0. The molecule has 12 nitrogen and oxygen atoms in total. The average Bonchev–Trinajstić information content (AvgIpc) is 3.59. The van der Waals surface area contributed by atoms with Gasteiger partial charge in [0.1, 0.15) is 24.8 Å². The highest BCUT2D eigenvalue weighted by molar-refractivity contribution is 5.46. The molecule has 0 atom stereocenters. The van der Waals surface area contributed by atoms with E-state index in [1.807, 2.05) is 0 Å². The molecule has 14 heteroatoms. The Labute approximate surface area is 521 Å². The second-order valence-corrected chi connectivity index (χ2v) is 28.3. The molecule has 450 valence electrons. The average molecular weight is 1270 g/mol. The third kappa shape index (κ3) is 11.8. The van der Waals surface area contributed by atoms with Gasteiger partial charge >= 0.3 is 0 Å². The molecule has 0 unspecified atom stereocenters. The fourth-order valence-electron chi connectivity index (χ4n) is 12.4. The van der Waals surface area contributed by atoms with E-state index in [0.717, 1.165) is 13.1 Å². The van der Waals surface area contributed by atoms with Gasteiger partial charge in [0.25, 0.3) is 0 Å². The van der Waals surface area contributed by atoms with E-state index < -0.39 is 0 Å². The quantitative estimate of drug-likeness (QED) is 0.0573. The zero-order valence-corrected chi connectivity index (χ0v) is 56.7. The molecule has 0 radical (unpaired) electrons. The van der Waals surface area contributed by atoms with Crippen LogP contribution in [0.4, 0.5) is 0 Å². The number of nitrogens with zero attached hydrogens (tertiary/aromatic N) is 4. The van der Waals surface area contributed by atoms with E-state index >= 15 is 0 Å². The number of aryl methyl sites for hydroxylation is 4. The maximum Gasteiger partial charge on any atom is 0.243 e. The van der Waals surface area contributed by atoms with Crippen LogP contribution in [0.15, 0.2) is 135 Å². The summed E-state index contributed by atoms with van der Waals surface area (Å²) in [4.78, 5) is 30.2. The van der Waals surface area contributed by atoms with Crippen molar-refractivity contribution in [1.82, 2.24) is 49.0 Å². The van der Waals surface area contributed by atoms with Gasteiger partial charge < -0.3 is 73.8 Å². The number of rotatable bonds is 7. The molecule has 12 heterocycles. The van der Waals surface area contributed by atoms with E-state index in [1.54, 1.807) is 0 Å². The molecule has 0 fully saturated rings. The summed E-state index contributed by atoms with van der Waals surface area (Å²) in [5.74, 6) is 0. The molecule has 12 rings (SSSR count). The lowest BCUT2D eigenvalue weighted by atomic mass is 9.85. The van der Waals surface area contributed by atoms with Crippen molar-refractivity contribution in [3.63, 3.8) is 0 Å². The Hall–Kier alpha value is -6.38. The minimum absolute atomic E-state index is 0. The van der Waals surface area contributed by atoms with Gasteiger partial charge in [-0.05, 0) is 234 Å². The van der Waals surface area contributed by atoms with Crippen molar-refractivity contribution in [2.45, 2.75) is 193 Å². The number of aromatic amines is 8. The lowest BCUT2D eigenvalue weighted by Crippen LogP contribution is -3.00. The van der Waals surface area contributed by atoms with Gasteiger partial charge in [0, 0.05) is 134 Å². The Balaban J connectivity index is 0.000000169. The van der Waals surface area contributed by atoms with Crippen molar-refractivity contribution in [3.05, 3.63) is 226 Å². The summed E-state index contributed by atoms with van der Waals surface area (Å²) < 4.78 is 8.69. The maximum absolute atomic E-state index is 3.77. The molecule has 0 spiro atoms. The third-order valence-corrected chi connectivity index (χ3v) is 19.5. The van der Waals surface area contributed by atoms with Crippen LogP contribution in [0.3, 0.4) is 0 Å². The minimum Gasteiger partial charge on any atom is -1.00 e. The predicted octanol–water partition coefficient (Wildman–Crippen LogP) is 8.44. The first-order valence-corrected chi connectivity index (χ1v) is 30.0. The molecule has 16 bridgehead atoms. The van der Waals surface area contributed by atoms with Crippen molar-refractivity contribution in [2.75, 3.05) is 0 Å². The van der Waals surface area contributed by atoms with Crippen LogP contribution >= 0.6 is 0 Å². The molecule has 0 saturated heterocycles. The molecule has 0 saturated carbocycles. The van der Waals surface area contributed by atoms with Crippen LogP contribution in [0.5, 0.6) is 0 Å². The first-order chi connectivity index (χ1) is 38.4. The molecule has 10 aromatic heterocycles. The van der Waals surface area contributed by atoms with E-state index in [2.05, 4.69) is 318 Å². The molecule has 10 aromatic rings. The smallest absolute Gasteiger partial charge is 0.243 e. The van der Waals surface area contributed by atoms with Crippen molar-refractivity contribution in [3.8, 4) is 0 Å². The summed E-state index contributed by atoms with van der Waals surface area (Å²) in [5.41, 5.74) is 18.1. The number of hydrogen-bond donors (Lipinski definition) is 8. The molecule has 84 heavy (non-hydrogen) atoms. The fraction of sp³-hybridized carbons (Fsp3) is 0.457. The lowest BCUT2D eigenvalue weighted by molar-refractivity contribution is -0.671.